The van der Waals surface area contributed by atoms with Crippen LogP contribution in [0.4, 0.5) is 0 Å². The molecule has 3 heteroatoms. The summed E-state index contributed by atoms with van der Waals surface area (Å²) >= 11 is 0. The number of unbranched alkanes of at least 4 members (excludes halogenated alkanes) is 1. The fraction of sp³-hybridized carbons (Fsp3) is 1.00. The number of rotatable bonds is 7. The topological polar surface area (TPSA) is 38.7 Å². The molecule has 0 saturated heterocycles. The van der Waals surface area contributed by atoms with Gasteiger partial charge in [0.05, 0.1) is 0 Å². The van der Waals surface area contributed by atoms with E-state index in [4.69, 9.17) is 9.47 Å². The monoisotopic (exact) mass is 176 g/mol. The summed E-state index contributed by atoms with van der Waals surface area (Å²) in [5.41, 5.74) is 0. The lowest BCUT2D eigenvalue weighted by molar-refractivity contribution is -0.187. The average Bonchev–Trinajstić information content (AvgIpc) is 2.03. The highest BCUT2D eigenvalue weighted by Gasteiger charge is 2.14. The number of hydrogen-bond acceptors (Lipinski definition) is 3. The highest BCUT2D eigenvalue weighted by Crippen LogP contribution is 2.02. The van der Waals surface area contributed by atoms with Crippen LogP contribution in [0, 0.1) is 0 Å². The van der Waals surface area contributed by atoms with Gasteiger partial charge in [0, 0.05) is 13.2 Å². The summed E-state index contributed by atoms with van der Waals surface area (Å²) in [7, 11) is 0. The van der Waals surface area contributed by atoms with Gasteiger partial charge in [-0.2, -0.15) is 0 Å². The predicted octanol–water partition coefficient (Wildman–Crippen LogP) is 1.55. The molecule has 0 spiro atoms. The Kier molecular flexibility index (Phi) is 7.45. The molecule has 0 aliphatic carbocycles. The van der Waals surface area contributed by atoms with Gasteiger partial charge in [0.15, 0.2) is 6.29 Å². The molecule has 0 amide bonds. The third-order valence-corrected chi connectivity index (χ3v) is 1.50. The van der Waals surface area contributed by atoms with Crippen LogP contribution in [-0.4, -0.2) is 30.7 Å². The van der Waals surface area contributed by atoms with Crippen LogP contribution < -0.4 is 0 Å². The molecular weight excluding hydrogens is 156 g/mol. The second-order valence-corrected chi connectivity index (χ2v) is 2.79. The van der Waals surface area contributed by atoms with E-state index < -0.39 is 12.4 Å². The van der Waals surface area contributed by atoms with Gasteiger partial charge >= 0.3 is 0 Å². The van der Waals surface area contributed by atoms with Gasteiger partial charge in [0.25, 0.3) is 0 Å². The zero-order valence-electron chi connectivity index (χ0n) is 8.25. The maximum atomic E-state index is 9.19. The summed E-state index contributed by atoms with van der Waals surface area (Å²) in [6, 6.07) is 0. The van der Waals surface area contributed by atoms with Gasteiger partial charge in [-0.15, -0.1) is 0 Å². The van der Waals surface area contributed by atoms with Crippen LogP contribution in [0.5, 0.6) is 0 Å². The lowest BCUT2D eigenvalue weighted by atomic mass is 10.3. The zero-order valence-corrected chi connectivity index (χ0v) is 8.25. The number of ether oxygens (including phenoxy) is 2. The van der Waals surface area contributed by atoms with E-state index >= 15 is 0 Å². The van der Waals surface area contributed by atoms with Crippen LogP contribution in [-0.2, 0) is 9.47 Å². The van der Waals surface area contributed by atoms with Crippen LogP contribution >= 0.6 is 0 Å². The van der Waals surface area contributed by atoms with Crippen LogP contribution in [0.3, 0.4) is 0 Å². The molecule has 2 atom stereocenters. The lowest BCUT2D eigenvalue weighted by Crippen LogP contribution is -2.29. The van der Waals surface area contributed by atoms with Crippen LogP contribution in [0.2, 0.25) is 0 Å². The van der Waals surface area contributed by atoms with Crippen LogP contribution in [0.1, 0.15) is 33.6 Å². The summed E-state index contributed by atoms with van der Waals surface area (Å²) in [5.74, 6) is 0. The Morgan fingerprint density at radius 2 is 1.92 bits per heavy atom. The maximum Gasteiger partial charge on any atom is 0.183 e. The molecule has 0 radical (unpaired) electrons. The van der Waals surface area contributed by atoms with Gasteiger partial charge in [-0.05, 0) is 20.3 Å². The largest absolute Gasteiger partial charge is 0.388 e. The Hall–Kier alpha value is -0.120. The van der Waals surface area contributed by atoms with Crippen molar-refractivity contribution < 1.29 is 14.6 Å². The predicted molar refractivity (Wildman–Crippen MR) is 48.0 cm³/mol. The number of hydrogen-bond donors (Lipinski definition) is 1. The van der Waals surface area contributed by atoms with E-state index in [9.17, 15) is 5.11 Å². The molecular formula is C9H20O3. The Morgan fingerprint density at radius 1 is 1.25 bits per heavy atom. The smallest absolute Gasteiger partial charge is 0.183 e. The van der Waals surface area contributed by atoms with Gasteiger partial charge in [-0.1, -0.05) is 13.3 Å². The Balaban J connectivity index is 3.49. The Bertz CT molecular complexity index is 93.8. The minimum absolute atomic E-state index is 0.457. The normalized spacial score (nSPS) is 16.0. The fourth-order valence-electron chi connectivity index (χ4n) is 0.835. The lowest BCUT2D eigenvalue weighted by Gasteiger charge is -2.19. The molecule has 3 nitrogen and oxygen atoms in total. The first-order chi connectivity index (χ1) is 5.72. The summed E-state index contributed by atoms with van der Waals surface area (Å²) in [5, 5.41) is 9.19. The molecule has 0 aromatic rings. The minimum Gasteiger partial charge on any atom is -0.388 e. The molecule has 0 aromatic carbocycles. The average molecular weight is 176 g/mol. The first-order valence-corrected chi connectivity index (χ1v) is 4.63. The van der Waals surface area contributed by atoms with Gasteiger partial charge < -0.3 is 14.6 Å². The highest BCUT2D eigenvalue weighted by molar-refractivity contribution is 4.52. The van der Waals surface area contributed by atoms with Gasteiger partial charge in [-0.25, -0.2) is 0 Å². The first kappa shape index (κ1) is 11.9. The van der Waals surface area contributed by atoms with Crippen molar-refractivity contribution in [3.63, 3.8) is 0 Å². The Morgan fingerprint density at radius 3 is 2.33 bits per heavy atom. The molecule has 0 bridgehead atoms. The van der Waals surface area contributed by atoms with Crippen molar-refractivity contribution in [2.75, 3.05) is 13.2 Å². The van der Waals surface area contributed by atoms with Gasteiger partial charge in [0.1, 0.15) is 6.10 Å². The molecule has 0 heterocycles. The Labute approximate surface area is 74.7 Å². The molecule has 1 N–H and O–H groups in total. The number of aliphatic hydroxyl groups excluding tert-OH is 1. The van der Waals surface area contributed by atoms with E-state index in [1.807, 2.05) is 6.92 Å². The van der Waals surface area contributed by atoms with E-state index in [1.165, 1.54) is 0 Å². The summed E-state index contributed by atoms with van der Waals surface area (Å²) in [4.78, 5) is 0. The van der Waals surface area contributed by atoms with E-state index in [-0.39, 0.29) is 0 Å². The maximum absolute atomic E-state index is 9.19. The van der Waals surface area contributed by atoms with Crippen molar-refractivity contribution in [1.82, 2.24) is 0 Å². The molecule has 0 saturated carbocycles. The van der Waals surface area contributed by atoms with Crippen molar-refractivity contribution in [2.45, 2.75) is 46.0 Å². The zero-order chi connectivity index (χ0) is 9.40. The van der Waals surface area contributed by atoms with Crippen molar-refractivity contribution in [3.05, 3.63) is 0 Å². The van der Waals surface area contributed by atoms with Crippen LogP contribution in [0.25, 0.3) is 0 Å². The molecule has 12 heavy (non-hydrogen) atoms. The summed E-state index contributed by atoms with van der Waals surface area (Å²) < 4.78 is 10.5. The van der Waals surface area contributed by atoms with Crippen molar-refractivity contribution >= 4 is 0 Å². The molecule has 0 fully saturated rings. The van der Waals surface area contributed by atoms with Crippen molar-refractivity contribution in [2.24, 2.45) is 0 Å². The molecule has 74 valence electrons. The molecule has 0 aliphatic rings. The highest BCUT2D eigenvalue weighted by atomic mass is 16.7. The molecule has 2 unspecified atom stereocenters. The SMILES string of the molecule is CCCCOC(OCC)C(C)O. The molecule has 0 aromatic heterocycles. The standard InChI is InChI=1S/C9H20O3/c1-4-6-7-12-9(8(3)10)11-5-2/h8-10H,4-7H2,1-3H3. The van der Waals surface area contributed by atoms with E-state index in [0.717, 1.165) is 12.8 Å². The number of aliphatic hydroxyl groups is 1. The van der Waals surface area contributed by atoms with E-state index in [0.29, 0.717) is 13.2 Å². The second-order valence-electron chi connectivity index (χ2n) is 2.79. The van der Waals surface area contributed by atoms with Crippen LogP contribution in [0.15, 0.2) is 0 Å². The van der Waals surface area contributed by atoms with Gasteiger partial charge in [0.2, 0.25) is 0 Å². The molecule has 0 rings (SSSR count). The minimum atomic E-state index is -0.554. The quantitative estimate of drug-likeness (QED) is 0.472. The van der Waals surface area contributed by atoms with E-state index in [1.54, 1.807) is 6.92 Å². The third-order valence-electron chi connectivity index (χ3n) is 1.50. The fourth-order valence-corrected chi connectivity index (χ4v) is 0.835. The van der Waals surface area contributed by atoms with E-state index in [2.05, 4.69) is 6.92 Å². The van der Waals surface area contributed by atoms with Crippen molar-refractivity contribution in [1.29, 1.82) is 0 Å². The summed E-state index contributed by atoms with van der Waals surface area (Å²) in [6.45, 7) is 6.89. The first-order valence-electron chi connectivity index (χ1n) is 4.63. The second kappa shape index (κ2) is 7.53. The van der Waals surface area contributed by atoms with Gasteiger partial charge in [-0.3, -0.25) is 0 Å². The summed E-state index contributed by atoms with van der Waals surface area (Å²) in [6.07, 6.45) is 1.10. The third kappa shape index (κ3) is 5.52. The molecule has 0 aliphatic heterocycles. The van der Waals surface area contributed by atoms with Crippen molar-refractivity contribution in [3.8, 4) is 0 Å².